The molecular formula is C13H14N2O4. The molecule has 0 aliphatic carbocycles. The van der Waals surface area contributed by atoms with Crippen LogP contribution in [-0.4, -0.2) is 35.3 Å². The van der Waals surface area contributed by atoms with E-state index in [9.17, 15) is 4.79 Å². The van der Waals surface area contributed by atoms with Crippen LogP contribution in [0.15, 0.2) is 18.5 Å². The number of aryl methyl sites for hydroxylation is 1. The predicted molar refractivity (Wildman–Crippen MR) is 68.8 cm³/mol. The van der Waals surface area contributed by atoms with Gasteiger partial charge in [0.05, 0.1) is 20.5 Å². The third-order valence-corrected chi connectivity index (χ3v) is 2.84. The SMILES string of the molecule is COc1cc(C)c(-c2nc[nH]c2C(=O)O)cc1OC. The number of ether oxygens (including phenoxy) is 2. The number of hydrogen-bond acceptors (Lipinski definition) is 4. The van der Waals surface area contributed by atoms with E-state index in [1.165, 1.54) is 13.4 Å². The number of H-pyrrole nitrogens is 1. The lowest BCUT2D eigenvalue weighted by molar-refractivity contribution is 0.0692. The van der Waals surface area contributed by atoms with Crippen LogP contribution in [-0.2, 0) is 0 Å². The Balaban J connectivity index is 2.62. The van der Waals surface area contributed by atoms with E-state index < -0.39 is 5.97 Å². The molecular weight excluding hydrogens is 248 g/mol. The molecule has 6 nitrogen and oxygen atoms in total. The Hall–Kier alpha value is -2.50. The lowest BCUT2D eigenvalue weighted by atomic mass is 10.0. The highest BCUT2D eigenvalue weighted by atomic mass is 16.5. The third kappa shape index (κ3) is 2.24. The molecule has 0 atom stereocenters. The number of benzene rings is 1. The normalized spacial score (nSPS) is 10.3. The van der Waals surface area contributed by atoms with Crippen molar-refractivity contribution in [3.05, 3.63) is 29.7 Å². The standard InChI is InChI=1S/C13H14N2O4/c1-7-4-9(18-2)10(19-3)5-8(7)11-12(13(16)17)15-6-14-11/h4-6H,1-3H3,(H,14,15)(H,16,17). The summed E-state index contributed by atoms with van der Waals surface area (Å²) >= 11 is 0. The van der Waals surface area contributed by atoms with Crippen molar-refractivity contribution in [2.45, 2.75) is 6.92 Å². The molecule has 1 heterocycles. The van der Waals surface area contributed by atoms with E-state index in [1.807, 2.05) is 6.92 Å². The second-order valence-electron chi connectivity index (χ2n) is 3.95. The van der Waals surface area contributed by atoms with Crippen LogP contribution in [0.5, 0.6) is 11.5 Å². The molecule has 2 rings (SSSR count). The van der Waals surface area contributed by atoms with Crippen molar-refractivity contribution in [2.75, 3.05) is 14.2 Å². The van der Waals surface area contributed by atoms with Crippen molar-refractivity contribution in [1.82, 2.24) is 9.97 Å². The van der Waals surface area contributed by atoms with Crippen LogP contribution in [0, 0.1) is 6.92 Å². The Labute approximate surface area is 110 Å². The molecule has 0 saturated heterocycles. The largest absolute Gasteiger partial charge is 0.493 e. The Morgan fingerprint density at radius 3 is 2.47 bits per heavy atom. The van der Waals surface area contributed by atoms with Crippen LogP contribution in [0.3, 0.4) is 0 Å². The van der Waals surface area contributed by atoms with E-state index in [0.717, 1.165) is 5.56 Å². The van der Waals surface area contributed by atoms with Crippen LogP contribution >= 0.6 is 0 Å². The first-order chi connectivity index (χ1) is 9.08. The molecule has 0 bridgehead atoms. The average molecular weight is 262 g/mol. The number of carboxylic acid groups (broad SMARTS) is 1. The van der Waals surface area contributed by atoms with Gasteiger partial charge < -0.3 is 19.6 Å². The van der Waals surface area contributed by atoms with Crippen molar-refractivity contribution in [3.8, 4) is 22.8 Å². The van der Waals surface area contributed by atoms with Crippen molar-refractivity contribution in [1.29, 1.82) is 0 Å². The van der Waals surface area contributed by atoms with Crippen molar-refractivity contribution < 1.29 is 19.4 Å². The van der Waals surface area contributed by atoms with Crippen LogP contribution in [0.2, 0.25) is 0 Å². The maximum atomic E-state index is 11.1. The van der Waals surface area contributed by atoms with E-state index in [2.05, 4.69) is 9.97 Å². The van der Waals surface area contributed by atoms with Gasteiger partial charge in [0, 0.05) is 5.56 Å². The van der Waals surface area contributed by atoms with Gasteiger partial charge >= 0.3 is 5.97 Å². The number of nitrogens with one attached hydrogen (secondary N) is 1. The highest BCUT2D eigenvalue weighted by molar-refractivity contribution is 5.93. The number of aromatic carboxylic acids is 1. The first kappa shape index (κ1) is 12.9. The molecule has 2 aromatic rings. The zero-order valence-electron chi connectivity index (χ0n) is 10.9. The Morgan fingerprint density at radius 1 is 1.26 bits per heavy atom. The minimum atomic E-state index is -1.05. The van der Waals surface area contributed by atoms with Crippen LogP contribution in [0.4, 0.5) is 0 Å². The number of imidazole rings is 1. The molecule has 0 amide bonds. The monoisotopic (exact) mass is 262 g/mol. The minimum Gasteiger partial charge on any atom is -0.493 e. The molecule has 100 valence electrons. The van der Waals surface area contributed by atoms with Gasteiger partial charge in [-0.3, -0.25) is 0 Å². The van der Waals surface area contributed by atoms with Crippen LogP contribution in [0.1, 0.15) is 16.1 Å². The minimum absolute atomic E-state index is 0.0512. The zero-order valence-corrected chi connectivity index (χ0v) is 10.9. The number of carbonyl (C=O) groups is 1. The summed E-state index contributed by atoms with van der Waals surface area (Å²) < 4.78 is 10.4. The Kier molecular flexibility index (Phi) is 3.41. The Morgan fingerprint density at radius 2 is 1.89 bits per heavy atom. The molecule has 19 heavy (non-hydrogen) atoms. The molecule has 0 fully saturated rings. The third-order valence-electron chi connectivity index (χ3n) is 2.84. The van der Waals surface area contributed by atoms with E-state index in [4.69, 9.17) is 14.6 Å². The van der Waals surface area contributed by atoms with Crippen molar-refractivity contribution in [3.63, 3.8) is 0 Å². The lowest BCUT2D eigenvalue weighted by Crippen LogP contribution is -2.01. The summed E-state index contributed by atoms with van der Waals surface area (Å²) in [6, 6.07) is 3.51. The maximum absolute atomic E-state index is 11.1. The van der Waals surface area contributed by atoms with Gasteiger partial charge in [-0.25, -0.2) is 9.78 Å². The van der Waals surface area contributed by atoms with E-state index in [-0.39, 0.29) is 5.69 Å². The fraction of sp³-hybridized carbons (Fsp3) is 0.231. The summed E-state index contributed by atoms with van der Waals surface area (Å²) in [5, 5.41) is 9.11. The van der Waals surface area contributed by atoms with E-state index in [1.54, 1.807) is 19.2 Å². The van der Waals surface area contributed by atoms with Gasteiger partial charge in [-0.1, -0.05) is 0 Å². The number of rotatable bonds is 4. The fourth-order valence-corrected chi connectivity index (χ4v) is 1.90. The first-order valence-electron chi connectivity index (χ1n) is 5.58. The average Bonchev–Trinajstić information content (AvgIpc) is 2.87. The number of hydrogen-bond donors (Lipinski definition) is 2. The predicted octanol–water partition coefficient (Wildman–Crippen LogP) is 2.10. The van der Waals surface area contributed by atoms with Gasteiger partial charge in [0.15, 0.2) is 17.2 Å². The Bertz CT molecular complexity index is 619. The second kappa shape index (κ2) is 5.01. The second-order valence-corrected chi connectivity index (χ2v) is 3.95. The van der Waals surface area contributed by atoms with E-state index >= 15 is 0 Å². The molecule has 0 unspecified atom stereocenters. The number of methoxy groups -OCH3 is 2. The summed E-state index contributed by atoms with van der Waals surface area (Å²) in [6.45, 7) is 1.86. The molecule has 2 N–H and O–H groups in total. The number of carboxylic acids is 1. The van der Waals surface area contributed by atoms with Gasteiger partial charge in [0.1, 0.15) is 5.69 Å². The van der Waals surface area contributed by atoms with Gasteiger partial charge in [-0.2, -0.15) is 0 Å². The number of nitrogens with zero attached hydrogens (tertiary/aromatic N) is 1. The van der Waals surface area contributed by atoms with Gasteiger partial charge in [-0.15, -0.1) is 0 Å². The summed E-state index contributed by atoms with van der Waals surface area (Å²) in [5.74, 6) is 0.0697. The fourth-order valence-electron chi connectivity index (χ4n) is 1.90. The number of aromatic amines is 1. The smallest absolute Gasteiger partial charge is 0.354 e. The molecule has 1 aromatic heterocycles. The molecule has 6 heteroatoms. The van der Waals surface area contributed by atoms with Crippen LogP contribution in [0.25, 0.3) is 11.3 Å². The highest BCUT2D eigenvalue weighted by Crippen LogP contribution is 2.35. The number of aromatic nitrogens is 2. The topological polar surface area (TPSA) is 84.4 Å². The lowest BCUT2D eigenvalue weighted by Gasteiger charge is -2.12. The van der Waals surface area contributed by atoms with Crippen molar-refractivity contribution in [2.24, 2.45) is 0 Å². The van der Waals surface area contributed by atoms with Gasteiger partial charge in [0.25, 0.3) is 0 Å². The molecule has 0 radical (unpaired) electrons. The summed E-state index contributed by atoms with van der Waals surface area (Å²) in [7, 11) is 3.08. The first-order valence-corrected chi connectivity index (χ1v) is 5.58. The van der Waals surface area contributed by atoms with Crippen LogP contribution < -0.4 is 9.47 Å². The van der Waals surface area contributed by atoms with E-state index in [0.29, 0.717) is 22.8 Å². The van der Waals surface area contributed by atoms with Gasteiger partial charge in [0.2, 0.25) is 0 Å². The maximum Gasteiger partial charge on any atom is 0.354 e. The van der Waals surface area contributed by atoms with Crippen molar-refractivity contribution >= 4 is 5.97 Å². The summed E-state index contributed by atoms with van der Waals surface area (Å²) in [6.07, 6.45) is 1.36. The molecule has 0 spiro atoms. The summed E-state index contributed by atoms with van der Waals surface area (Å²) in [5.41, 5.74) is 1.98. The summed E-state index contributed by atoms with van der Waals surface area (Å²) in [4.78, 5) is 17.8. The highest BCUT2D eigenvalue weighted by Gasteiger charge is 2.18. The molecule has 1 aromatic carbocycles. The quantitative estimate of drug-likeness (QED) is 0.881. The molecule has 0 aliphatic heterocycles. The molecule has 0 saturated carbocycles. The zero-order chi connectivity index (χ0) is 14.0. The molecule has 0 aliphatic rings. The van der Waals surface area contributed by atoms with Gasteiger partial charge in [-0.05, 0) is 24.6 Å².